The van der Waals surface area contributed by atoms with E-state index in [0.717, 1.165) is 0 Å². The highest BCUT2D eigenvalue weighted by molar-refractivity contribution is 7.80. The number of benzene rings is 1. The molecular weight excluding hydrogens is 290 g/mol. The normalized spacial score (nSPS) is 10.1. The molecule has 0 atom stereocenters. The molecule has 2 rings (SSSR count). The van der Waals surface area contributed by atoms with Gasteiger partial charge in [-0.1, -0.05) is 24.4 Å². The maximum Gasteiger partial charge on any atom is 0.258 e. The van der Waals surface area contributed by atoms with Crippen LogP contribution in [0, 0.1) is 6.92 Å². The van der Waals surface area contributed by atoms with Crippen LogP contribution in [0.2, 0.25) is 0 Å². The third-order valence-electron chi connectivity index (χ3n) is 2.62. The first kappa shape index (κ1) is 15.0. The molecular formula is C14H15N3O3S. The minimum atomic E-state index is -0.288. The lowest BCUT2D eigenvalue weighted by atomic mass is 10.2. The van der Waals surface area contributed by atoms with Gasteiger partial charge in [0, 0.05) is 0 Å². The topological polar surface area (TPSA) is 90.4 Å². The Morgan fingerprint density at radius 3 is 2.90 bits per heavy atom. The van der Waals surface area contributed by atoms with Gasteiger partial charge in [0.15, 0.2) is 6.61 Å². The molecule has 0 saturated carbocycles. The average Bonchev–Trinajstić information content (AvgIpc) is 2.88. The van der Waals surface area contributed by atoms with Gasteiger partial charge in [-0.2, -0.15) is 0 Å². The summed E-state index contributed by atoms with van der Waals surface area (Å²) < 4.78 is 10.7. The summed E-state index contributed by atoms with van der Waals surface area (Å²) in [5, 5.41) is 2.65. The Morgan fingerprint density at radius 1 is 1.48 bits per heavy atom. The molecule has 6 nitrogen and oxygen atoms in total. The fourth-order valence-corrected chi connectivity index (χ4v) is 1.82. The molecule has 0 aliphatic carbocycles. The number of nitrogens with one attached hydrogen (secondary N) is 1. The Kier molecular flexibility index (Phi) is 4.89. The SMILES string of the molecule is Cc1cnc(CNC(=O)COc2ccccc2C(N)=S)o1. The first-order valence-electron chi connectivity index (χ1n) is 6.26. The number of carbonyl (C=O) groups is 1. The van der Waals surface area contributed by atoms with Crippen LogP contribution in [0.4, 0.5) is 0 Å². The molecule has 1 aromatic heterocycles. The second-order valence-electron chi connectivity index (χ2n) is 4.29. The van der Waals surface area contributed by atoms with Crippen LogP contribution in [0.1, 0.15) is 17.2 Å². The van der Waals surface area contributed by atoms with E-state index < -0.39 is 0 Å². The van der Waals surface area contributed by atoms with E-state index >= 15 is 0 Å². The number of amides is 1. The van der Waals surface area contributed by atoms with Crippen LogP contribution in [-0.4, -0.2) is 22.5 Å². The predicted octanol–water partition coefficient (Wildman–Crippen LogP) is 1.31. The second kappa shape index (κ2) is 6.85. The van der Waals surface area contributed by atoms with Crippen molar-refractivity contribution >= 4 is 23.1 Å². The standard InChI is InChI=1S/C14H15N3O3S/c1-9-6-17-13(20-9)7-16-12(18)8-19-11-5-3-2-4-10(11)14(15)21/h2-6H,7-8H2,1H3,(H2,15,21)(H,16,18). The van der Waals surface area contributed by atoms with Crippen molar-refractivity contribution in [3.05, 3.63) is 47.7 Å². The Morgan fingerprint density at radius 2 is 2.24 bits per heavy atom. The third kappa shape index (κ3) is 4.28. The van der Waals surface area contributed by atoms with Gasteiger partial charge >= 0.3 is 0 Å². The van der Waals surface area contributed by atoms with Crippen LogP contribution < -0.4 is 15.8 Å². The number of aromatic nitrogens is 1. The number of para-hydroxylation sites is 1. The zero-order chi connectivity index (χ0) is 15.2. The number of hydrogen-bond acceptors (Lipinski definition) is 5. The molecule has 0 fully saturated rings. The summed E-state index contributed by atoms with van der Waals surface area (Å²) in [6, 6.07) is 7.03. The van der Waals surface area contributed by atoms with Crippen LogP contribution >= 0.6 is 12.2 Å². The molecule has 0 spiro atoms. The van der Waals surface area contributed by atoms with E-state index in [1.807, 2.05) is 0 Å². The van der Waals surface area contributed by atoms with Crippen molar-refractivity contribution in [3.63, 3.8) is 0 Å². The van der Waals surface area contributed by atoms with Gasteiger partial charge in [-0.25, -0.2) is 4.98 Å². The Hall–Kier alpha value is -2.41. The summed E-state index contributed by atoms with van der Waals surface area (Å²) in [5.41, 5.74) is 6.19. The summed E-state index contributed by atoms with van der Waals surface area (Å²) in [5.74, 6) is 1.33. The van der Waals surface area contributed by atoms with Gasteiger partial charge in [-0.15, -0.1) is 0 Å². The number of carbonyl (C=O) groups excluding carboxylic acids is 1. The van der Waals surface area contributed by atoms with Crippen LogP contribution in [-0.2, 0) is 11.3 Å². The van der Waals surface area contributed by atoms with Crippen molar-refractivity contribution in [3.8, 4) is 5.75 Å². The largest absolute Gasteiger partial charge is 0.483 e. The van der Waals surface area contributed by atoms with Crippen LogP contribution in [0.3, 0.4) is 0 Å². The quantitative estimate of drug-likeness (QED) is 0.782. The molecule has 0 aliphatic heterocycles. The Labute approximate surface area is 127 Å². The van der Waals surface area contributed by atoms with Gasteiger partial charge in [-0.05, 0) is 19.1 Å². The van der Waals surface area contributed by atoms with Crippen molar-refractivity contribution in [1.82, 2.24) is 10.3 Å². The summed E-state index contributed by atoms with van der Waals surface area (Å²) in [6.07, 6.45) is 1.59. The predicted molar refractivity (Wildman–Crippen MR) is 80.9 cm³/mol. The zero-order valence-corrected chi connectivity index (χ0v) is 12.3. The van der Waals surface area contributed by atoms with E-state index in [9.17, 15) is 4.79 Å². The minimum absolute atomic E-state index is 0.140. The van der Waals surface area contributed by atoms with Crippen LogP contribution in [0.15, 0.2) is 34.9 Å². The van der Waals surface area contributed by atoms with Crippen molar-refractivity contribution < 1.29 is 13.9 Å². The van der Waals surface area contributed by atoms with E-state index in [4.69, 9.17) is 27.1 Å². The molecule has 2 aromatic rings. The number of thiocarbonyl (C=S) groups is 1. The number of nitrogens with two attached hydrogens (primary N) is 1. The fraction of sp³-hybridized carbons (Fsp3) is 0.214. The molecule has 3 N–H and O–H groups in total. The third-order valence-corrected chi connectivity index (χ3v) is 2.84. The lowest BCUT2D eigenvalue weighted by molar-refractivity contribution is -0.123. The molecule has 0 saturated heterocycles. The van der Waals surface area contributed by atoms with Crippen molar-refractivity contribution in [2.45, 2.75) is 13.5 Å². The Bertz CT molecular complexity index is 654. The molecule has 21 heavy (non-hydrogen) atoms. The Balaban J connectivity index is 1.85. The van der Waals surface area contributed by atoms with Crippen LogP contribution in [0.25, 0.3) is 0 Å². The lowest BCUT2D eigenvalue weighted by Gasteiger charge is -2.10. The highest BCUT2D eigenvalue weighted by Gasteiger charge is 2.09. The smallest absolute Gasteiger partial charge is 0.258 e. The van der Waals surface area contributed by atoms with E-state index in [2.05, 4.69) is 10.3 Å². The summed E-state index contributed by atoms with van der Waals surface area (Å²) >= 11 is 4.92. The first-order valence-corrected chi connectivity index (χ1v) is 6.66. The number of hydrogen-bond donors (Lipinski definition) is 2. The van der Waals surface area contributed by atoms with Gasteiger partial charge in [0.25, 0.3) is 5.91 Å². The van der Waals surface area contributed by atoms with Crippen molar-refractivity contribution in [2.24, 2.45) is 5.73 Å². The molecule has 0 aliphatic rings. The van der Waals surface area contributed by atoms with Gasteiger partial charge < -0.3 is 20.2 Å². The molecule has 0 radical (unpaired) electrons. The van der Waals surface area contributed by atoms with Gasteiger partial charge in [0.05, 0.1) is 18.3 Å². The molecule has 1 aromatic carbocycles. The van der Waals surface area contributed by atoms with E-state index in [1.165, 1.54) is 0 Å². The molecule has 110 valence electrons. The summed E-state index contributed by atoms with van der Waals surface area (Å²) in [6.45, 7) is 1.86. The lowest BCUT2D eigenvalue weighted by Crippen LogP contribution is -2.29. The van der Waals surface area contributed by atoms with E-state index in [0.29, 0.717) is 23.0 Å². The minimum Gasteiger partial charge on any atom is -0.483 e. The molecule has 1 amide bonds. The monoisotopic (exact) mass is 305 g/mol. The first-order chi connectivity index (χ1) is 10.1. The number of oxazole rings is 1. The zero-order valence-electron chi connectivity index (χ0n) is 11.5. The van der Waals surface area contributed by atoms with Crippen molar-refractivity contribution in [2.75, 3.05) is 6.61 Å². The molecule has 0 bridgehead atoms. The highest BCUT2D eigenvalue weighted by Crippen LogP contribution is 2.17. The van der Waals surface area contributed by atoms with Crippen LogP contribution in [0.5, 0.6) is 5.75 Å². The molecule has 7 heteroatoms. The second-order valence-corrected chi connectivity index (χ2v) is 4.73. The van der Waals surface area contributed by atoms with Crippen molar-refractivity contribution in [1.29, 1.82) is 0 Å². The number of aryl methyl sites for hydroxylation is 1. The number of rotatable bonds is 6. The van der Waals surface area contributed by atoms with Gasteiger partial charge in [0.1, 0.15) is 16.5 Å². The van der Waals surface area contributed by atoms with E-state index in [-0.39, 0.29) is 24.0 Å². The van der Waals surface area contributed by atoms with Gasteiger partial charge in [-0.3, -0.25) is 4.79 Å². The molecule has 0 unspecified atom stereocenters. The van der Waals surface area contributed by atoms with E-state index in [1.54, 1.807) is 37.4 Å². The van der Waals surface area contributed by atoms with Gasteiger partial charge in [0.2, 0.25) is 5.89 Å². The fourth-order valence-electron chi connectivity index (χ4n) is 1.65. The maximum atomic E-state index is 11.7. The summed E-state index contributed by atoms with van der Waals surface area (Å²) in [4.78, 5) is 15.9. The molecule has 1 heterocycles. The average molecular weight is 305 g/mol. The highest BCUT2D eigenvalue weighted by atomic mass is 32.1. The number of nitrogens with zero attached hydrogens (tertiary/aromatic N) is 1. The summed E-state index contributed by atoms with van der Waals surface area (Å²) in [7, 11) is 0. The number of ether oxygens (including phenoxy) is 1. The maximum absolute atomic E-state index is 11.7.